The Morgan fingerprint density at radius 3 is 2.85 bits per heavy atom. The number of hydrogen-bond acceptors (Lipinski definition) is 2. The van der Waals surface area contributed by atoms with E-state index < -0.39 is 12.0 Å². The zero-order valence-corrected chi connectivity index (χ0v) is 7.42. The molecule has 0 aliphatic carbocycles. The largest absolute Gasteiger partial charge is 0.480 e. The first kappa shape index (κ1) is 9.74. The Morgan fingerprint density at radius 2 is 2.38 bits per heavy atom. The molecule has 13 heavy (non-hydrogen) atoms. The normalized spacial score (nSPS) is 26.0. The molecule has 70 valence electrons. The van der Waals surface area contributed by atoms with Crippen molar-refractivity contribution >= 4 is 5.97 Å². The molecule has 1 saturated heterocycles. The van der Waals surface area contributed by atoms with Gasteiger partial charge >= 0.3 is 5.97 Å². The van der Waals surface area contributed by atoms with E-state index in [4.69, 9.17) is 5.11 Å². The van der Waals surface area contributed by atoms with Gasteiger partial charge in [0.15, 0.2) is 0 Å². The maximum Gasteiger partial charge on any atom is 0.321 e. The van der Waals surface area contributed by atoms with Crippen LogP contribution in [0.15, 0.2) is 36.5 Å². The first-order chi connectivity index (χ1) is 6.15. The number of hydrogen-bond donors (Lipinski definition) is 2. The molecule has 0 aromatic rings. The van der Waals surface area contributed by atoms with Gasteiger partial charge < -0.3 is 10.4 Å². The molecule has 1 heterocycles. The first-order valence-electron chi connectivity index (χ1n) is 4.11. The minimum atomic E-state index is -0.821. The molecule has 0 bridgehead atoms. The molecule has 0 aromatic carbocycles. The average Bonchev–Trinajstić information content (AvgIpc) is 2.08. The van der Waals surface area contributed by atoms with E-state index in [1.54, 1.807) is 6.08 Å². The maximum atomic E-state index is 10.6. The Bertz CT molecular complexity index is 279. The van der Waals surface area contributed by atoms with Crippen LogP contribution in [0.5, 0.6) is 0 Å². The predicted molar refractivity (Wildman–Crippen MR) is 51.5 cm³/mol. The molecule has 0 radical (unpaired) electrons. The topological polar surface area (TPSA) is 49.3 Å². The minimum absolute atomic E-state index is 0.467. The summed E-state index contributed by atoms with van der Waals surface area (Å²) in [6.45, 7) is 7.97. The molecule has 1 aliphatic heterocycles. The summed E-state index contributed by atoms with van der Waals surface area (Å²) < 4.78 is 0. The summed E-state index contributed by atoms with van der Waals surface area (Å²) in [7, 11) is 0. The van der Waals surface area contributed by atoms with Crippen LogP contribution >= 0.6 is 0 Å². The molecule has 1 rings (SSSR count). The molecular weight excluding hydrogens is 166 g/mol. The highest BCUT2D eigenvalue weighted by atomic mass is 16.4. The highest BCUT2D eigenvalue weighted by Crippen LogP contribution is 2.18. The van der Waals surface area contributed by atoms with Crippen molar-refractivity contribution in [1.82, 2.24) is 5.32 Å². The number of carboxylic acid groups (broad SMARTS) is 1. The minimum Gasteiger partial charge on any atom is -0.480 e. The quantitative estimate of drug-likeness (QED) is 0.667. The Morgan fingerprint density at radius 1 is 1.69 bits per heavy atom. The average molecular weight is 179 g/mol. The molecule has 1 aliphatic rings. The van der Waals surface area contributed by atoms with Crippen molar-refractivity contribution in [3.8, 4) is 0 Å². The molecule has 2 N–H and O–H groups in total. The standard InChI is InChI=1S/C10H13NO2/c1-3-4-8-6-11-9(10(12)13)5-7(8)2/h3-4,9,11H,1-2,5-6H2,(H,12,13)/b8-4-. The summed E-state index contributed by atoms with van der Waals surface area (Å²) in [5.41, 5.74) is 1.92. The van der Waals surface area contributed by atoms with Crippen LogP contribution in [0.4, 0.5) is 0 Å². The van der Waals surface area contributed by atoms with Gasteiger partial charge in [0, 0.05) is 6.54 Å². The predicted octanol–water partition coefficient (Wildman–Crippen LogP) is 1.10. The molecule has 1 fully saturated rings. The second-order valence-electron chi connectivity index (χ2n) is 3.01. The zero-order valence-electron chi connectivity index (χ0n) is 7.42. The van der Waals surface area contributed by atoms with E-state index in [0.29, 0.717) is 13.0 Å². The second kappa shape index (κ2) is 4.05. The molecule has 3 heteroatoms. The Hall–Kier alpha value is -1.35. The molecular formula is C10H13NO2. The van der Waals surface area contributed by atoms with Crippen LogP contribution in [0, 0.1) is 0 Å². The van der Waals surface area contributed by atoms with E-state index in [9.17, 15) is 4.79 Å². The summed E-state index contributed by atoms with van der Waals surface area (Å²) in [5, 5.41) is 11.6. The fraction of sp³-hybridized carbons (Fsp3) is 0.300. The highest BCUT2D eigenvalue weighted by molar-refractivity contribution is 5.74. The summed E-state index contributed by atoms with van der Waals surface area (Å²) >= 11 is 0. The fourth-order valence-electron chi connectivity index (χ4n) is 1.30. The van der Waals surface area contributed by atoms with Gasteiger partial charge in [-0.15, -0.1) is 0 Å². The van der Waals surface area contributed by atoms with E-state index in [-0.39, 0.29) is 0 Å². The van der Waals surface area contributed by atoms with Crippen LogP contribution in [-0.2, 0) is 4.79 Å². The van der Waals surface area contributed by atoms with Gasteiger partial charge in [0.05, 0.1) is 0 Å². The summed E-state index contributed by atoms with van der Waals surface area (Å²) in [4.78, 5) is 10.6. The van der Waals surface area contributed by atoms with Crippen LogP contribution in [0.1, 0.15) is 6.42 Å². The summed E-state index contributed by atoms with van der Waals surface area (Å²) in [6, 6.07) is -0.491. The third-order valence-corrected chi connectivity index (χ3v) is 2.06. The molecule has 0 amide bonds. The molecule has 1 unspecified atom stereocenters. The van der Waals surface area contributed by atoms with Crippen LogP contribution in [0.3, 0.4) is 0 Å². The van der Waals surface area contributed by atoms with Crippen molar-refractivity contribution in [3.63, 3.8) is 0 Å². The smallest absolute Gasteiger partial charge is 0.321 e. The molecule has 0 saturated carbocycles. The van der Waals surface area contributed by atoms with E-state index in [2.05, 4.69) is 18.5 Å². The van der Waals surface area contributed by atoms with Gasteiger partial charge in [0.25, 0.3) is 0 Å². The van der Waals surface area contributed by atoms with Crippen molar-refractivity contribution in [3.05, 3.63) is 36.5 Å². The zero-order chi connectivity index (χ0) is 9.84. The lowest BCUT2D eigenvalue weighted by Gasteiger charge is -2.24. The van der Waals surface area contributed by atoms with E-state index in [0.717, 1.165) is 11.1 Å². The van der Waals surface area contributed by atoms with E-state index >= 15 is 0 Å². The first-order valence-corrected chi connectivity index (χ1v) is 4.11. The number of piperidine rings is 1. The Kier molecular flexibility index (Phi) is 3.03. The maximum absolute atomic E-state index is 10.6. The van der Waals surface area contributed by atoms with Crippen molar-refractivity contribution in [2.45, 2.75) is 12.5 Å². The van der Waals surface area contributed by atoms with Crippen molar-refractivity contribution < 1.29 is 9.90 Å². The summed E-state index contributed by atoms with van der Waals surface area (Å²) in [6.07, 6.45) is 4.01. The number of allylic oxidation sites excluding steroid dienone is 2. The highest BCUT2D eigenvalue weighted by Gasteiger charge is 2.23. The monoisotopic (exact) mass is 179 g/mol. The van der Waals surface area contributed by atoms with Gasteiger partial charge in [-0.3, -0.25) is 4.79 Å². The van der Waals surface area contributed by atoms with E-state index in [1.165, 1.54) is 0 Å². The van der Waals surface area contributed by atoms with Crippen molar-refractivity contribution in [2.75, 3.05) is 6.54 Å². The van der Waals surface area contributed by atoms with Gasteiger partial charge in [-0.2, -0.15) is 0 Å². The number of carboxylic acids is 1. The fourth-order valence-corrected chi connectivity index (χ4v) is 1.30. The molecule has 1 atom stereocenters. The number of carbonyl (C=O) groups is 1. The van der Waals surface area contributed by atoms with Crippen molar-refractivity contribution in [1.29, 1.82) is 0 Å². The molecule has 0 spiro atoms. The van der Waals surface area contributed by atoms with Crippen LogP contribution < -0.4 is 5.32 Å². The lowest BCUT2D eigenvalue weighted by atomic mass is 9.95. The van der Waals surface area contributed by atoms with Gasteiger partial charge in [0.1, 0.15) is 6.04 Å². The van der Waals surface area contributed by atoms with E-state index in [1.807, 2.05) is 6.08 Å². The molecule has 3 nitrogen and oxygen atoms in total. The number of nitrogens with one attached hydrogen (secondary N) is 1. The van der Waals surface area contributed by atoms with Gasteiger partial charge in [-0.25, -0.2) is 0 Å². The summed E-state index contributed by atoms with van der Waals surface area (Å²) in [5.74, 6) is -0.821. The third-order valence-electron chi connectivity index (χ3n) is 2.06. The van der Waals surface area contributed by atoms with Gasteiger partial charge in [-0.1, -0.05) is 25.3 Å². The SMILES string of the molecule is C=C/C=C1/CNC(C(=O)O)CC1=C. The number of rotatable bonds is 2. The van der Waals surface area contributed by atoms with Crippen LogP contribution in [0.25, 0.3) is 0 Å². The third kappa shape index (κ3) is 2.29. The van der Waals surface area contributed by atoms with Gasteiger partial charge in [0.2, 0.25) is 0 Å². The Balaban J connectivity index is 2.67. The molecule has 0 aromatic heterocycles. The Labute approximate surface area is 77.5 Å². The van der Waals surface area contributed by atoms with Crippen molar-refractivity contribution in [2.24, 2.45) is 0 Å². The lowest BCUT2D eigenvalue weighted by Crippen LogP contribution is -2.41. The van der Waals surface area contributed by atoms with Crippen LogP contribution in [-0.4, -0.2) is 23.7 Å². The van der Waals surface area contributed by atoms with Gasteiger partial charge in [-0.05, 0) is 17.6 Å². The lowest BCUT2D eigenvalue weighted by molar-refractivity contribution is -0.139. The second-order valence-corrected chi connectivity index (χ2v) is 3.01. The van der Waals surface area contributed by atoms with Crippen LogP contribution in [0.2, 0.25) is 0 Å². The number of aliphatic carboxylic acids is 1.